The van der Waals surface area contributed by atoms with E-state index in [1.54, 1.807) is 48.7 Å². The normalized spacial score (nSPS) is 16.7. The number of ether oxygens (including phenoxy) is 2. The molecule has 1 unspecified atom stereocenters. The fourth-order valence-electron chi connectivity index (χ4n) is 3.19. The first-order valence-electron chi connectivity index (χ1n) is 8.55. The molecule has 140 valence electrons. The standard InChI is InChI=1S/C19H19N3O4S/c1-24-13-5-6-16(25-2)15(9-13)22-11-12(8-18(22)23)19-20-17(26-21-19)10-14-4-3-7-27-14/h3-7,9,12H,8,10-11H2,1-2H3. The predicted molar refractivity (Wildman–Crippen MR) is 101 cm³/mol. The summed E-state index contributed by atoms with van der Waals surface area (Å²) in [6.07, 6.45) is 0.942. The molecule has 1 fully saturated rings. The summed E-state index contributed by atoms with van der Waals surface area (Å²) in [6, 6.07) is 9.42. The number of aromatic nitrogens is 2. The first-order valence-corrected chi connectivity index (χ1v) is 9.43. The summed E-state index contributed by atoms with van der Waals surface area (Å²) in [7, 11) is 3.17. The first kappa shape index (κ1) is 17.5. The lowest BCUT2D eigenvalue weighted by Crippen LogP contribution is -2.25. The van der Waals surface area contributed by atoms with Crippen LogP contribution in [0.2, 0.25) is 0 Å². The number of carbonyl (C=O) groups is 1. The summed E-state index contributed by atoms with van der Waals surface area (Å²) < 4.78 is 16.1. The maximum absolute atomic E-state index is 12.6. The van der Waals surface area contributed by atoms with Crippen LogP contribution in [0, 0.1) is 0 Å². The molecule has 0 spiro atoms. The second kappa shape index (κ2) is 7.40. The number of carbonyl (C=O) groups excluding carboxylic acids is 1. The van der Waals surface area contributed by atoms with Crippen LogP contribution in [0.25, 0.3) is 0 Å². The molecule has 2 aromatic heterocycles. The highest BCUT2D eigenvalue weighted by atomic mass is 32.1. The van der Waals surface area contributed by atoms with E-state index in [-0.39, 0.29) is 11.8 Å². The summed E-state index contributed by atoms with van der Waals surface area (Å²) in [5, 5.41) is 6.12. The minimum absolute atomic E-state index is 0.00356. The maximum atomic E-state index is 12.6. The predicted octanol–water partition coefficient (Wildman–Crippen LogP) is 3.26. The van der Waals surface area contributed by atoms with Gasteiger partial charge in [0.1, 0.15) is 11.5 Å². The summed E-state index contributed by atoms with van der Waals surface area (Å²) in [6.45, 7) is 0.473. The van der Waals surface area contributed by atoms with Gasteiger partial charge in [-0.05, 0) is 23.6 Å². The van der Waals surface area contributed by atoms with Crippen LogP contribution in [0.3, 0.4) is 0 Å². The Morgan fingerprint density at radius 3 is 2.93 bits per heavy atom. The van der Waals surface area contributed by atoms with Crippen LogP contribution in [-0.4, -0.2) is 36.8 Å². The summed E-state index contributed by atoms with van der Waals surface area (Å²) in [5.74, 6) is 2.30. The molecule has 0 bridgehead atoms. The van der Waals surface area contributed by atoms with Gasteiger partial charge in [-0.1, -0.05) is 11.2 Å². The van der Waals surface area contributed by atoms with E-state index in [0.29, 0.717) is 48.3 Å². The molecule has 3 aromatic rings. The molecule has 1 atom stereocenters. The zero-order valence-corrected chi connectivity index (χ0v) is 15.9. The Morgan fingerprint density at radius 2 is 2.19 bits per heavy atom. The van der Waals surface area contributed by atoms with Crippen LogP contribution in [-0.2, 0) is 11.2 Å². The van der Waals surface area contributed by atoms with E-state index in [9.17, 15) is 4.79 Å². The fraction of sp³-hybridized carbons (Fsp3) is 0.316. The molecule has 1 amide bonds. The average molecular weight is 385 g/mol. The summed E-state index contributed by atoms with van der Waals surface area (Å²) >= 11 is 1.65. The van der Waals surface area contributed by atoms with Gasteiger partial charge < -0.3 is 18.9 Å². The molecule has 27 heavy (non-hydrogen) atoms. The van der Waals surface area contributed by atoms with Gasteiger partial charge in [-0.2, -0.15) is 4.98 Å². The molecular weight excluding hydrogens is 366 g/mol. The Labute approximate surface area is 160 Å². The van der Waals surface area contributed by atoms with Crippen molar-refractivity contribution >= 4 is 22.9 Å². The molecule has 0 N–H and O–H groups in total. The number of benzene rings is 1. The number of hydrogen-bond donors (Lipinski definition) is 0. The molecule has 0 radical (unpaired) electrons. The van der Waals surface area contributed by atoms with Gasteiger partial charge in [-0.3, -0.25) is 4.79 Å². The van der Waals surface area contributed by atoms with E-state index in [1.165, 1.54) is 0 Å². The molecule has 1 aliphatic rings. The lowest BCUT2D eigenvalue weighted by Gasteiger charge is -2.20. The van der Waals surface area contributed by atoms with Crippen LogP contribution in [0.15, 0.2) is 40.2 Å². The maximum Gasteiger partial charge on any atom is 0.231 e. The lowest BCUT2D eigenvalue weighted by atomic mass is 10.1. The van der Waals surface area contributed by atoms with E-state index in [4.69, 9.17) is 14.0 Å². The van der Waals surface area contributed by atoms with Gasteiger partial charge in [0, 0.05) is 29.8 Å². The van der Waals surface area contributed by atoms with E-state index in [2.05, 4.69) is 10.1 Å². The minimum atomic E-state index is -0.116. The topological polar surface area (TPSA) is 77.7 Å². The second-order valence-corrected chi connectivity index (χ2v) is 7.28. The van der Waals surface area contributed by atoms with Gasteiger partial charge in [0.2, 0.25) is 11.8 Å². The number of amides is 1. The number of thiophene rings is 1. The second-order valence-electron chi connectivity index (χ2n) is 6.25. The smallest absolute Gasteiger partial charge is 0.231 e. The monoisotopic (exact) mass is 385 g/mol. The van der Waals surface area contributed by atoms with Crippen molar-refractivity contribution in [3.63, 3.8) is 0 Å². The molecule has 7 nitrogen and oxygen atoms in total. The van der Waals surface area contributed by atoms with Crippen molar-refractivity contribution in [3.05, 3.63) is 52.3 Å². The molecular formula is C19H19N3O4S. The zero-order chi connectivity index (χ0) is 18.8. The van der Waals surface area contributed by atoms with Crippen molar-refractivity contribution in [2.45, 2.75) is 18.8 Å². The number of rotatable bonds is 6. The highest BCUT2D eigenvalue weighted by Gasteiger charge is 2.36. The largest absolute Gasteiger partial charge is 0.497 e. The Hall–Kier alpha value is -2.87. The Morgan fingerprint density at radius 1 is 1.30 bits per heavy atom. The van der Waals surface area contributed by atoms with Gasteiger partial charge in [-0.25, -0.2) is 0 Å². The number of hydrogen-bond acceptors (Lipinski definition) is 7. The van der Waals surface area contributed by atoms with E-state index in [0.717, 1.165) is 4.88 Å². The number of nitrogens with zero attached hydrogens (tertiary/aromatic N) is 3. The van der Waals surface area contributed by atoms with Crippen molar-refractivity contribution in [2.75, 3.05) is 25.7 Å². The van der Waals surface area contributed by atoms with Gasteiger partial charge >= 0.3 is 0 Å². The zero-order valence-electron chi connectivity index (χ0n) is 15.0. The van der Waals surface area contributed by atoms with E-state index < -0.39 is 0 Å². The van der Waals surface area contributed by atoms with Gasteiger partial charge in [0.15, 0.2) is 5.82 Å². The lowest BCUT2D eigenvalue weighted by molar-refractivity contribution is -0.117. The molecule has 3 heterocycles. The Balaban J connectivity index is 1.54. The molecule has 0 saturated carbocycles. The molecule has 1 saturated heterocycles. The van der Waals surface area contributed by atoms with Crippen LogP contribution >= 0.6 is 11.3 Å². The third kappa shape index (κ3) is 3.52. The van der Waals surface area contributed by atoms with Crippen molar-refractivity contribution < 1.29 is 18.8 Å². The van der Waals surface area contributed by atoms with Gasteiger partial charge in [0.25, 0.3) is 0 Å². The summed E-state index contributed by atoms with van der Waals surface area (Å²) in [4.78, 5) is 20.0. The Bertz CT molecular complexity index is 938. The molecule has 8 heteroatoms. The van der Waals surface area contributed by atoms with Crippen molar-refractivity contribution in [2.24, 2.45) is 0 Å². The minimum Gasteiger partial charge on any atom is -0.497 e. The van der Waals surface area contributed by atoms with E-state index >= 15 is 0 Å². The van der Waals surface area contributed by atoms with Crippen LogP contribution in [0.1, 0.15) is 28.9 Å². The molecule has 1 aromatic carbocycles. The highest BCUT2D eigenvalue weighted by molar-refractivity contribution is 7.09. The Kier molecular flexibility index (Phi) is 4.81. The van der Waals surface area contributed by atoms with Crippen LogP contribution < -0.4 is 14.4 Å². The fourth-order valence-corrected chi connectivity index (χ4v) is 3.88. The van der Waals surface area contributed by atoms with Crippen LogP contribution in [0.5, 0.6) is 11.5 Å². The van der Waals surface area contributed by atoms with Gasteiger partial charge in [0.05, 0.1) is 26.3 Å². The third-order valence-corrected chi connectivity index (χ3v) is 5.43. The van der Waals surface area contributed by atoms with E-state index in [1.807, 2.05) is 17.5 Å². The van der Waals surface area contributed by atoms with Crippen molar-refractivity contribution in [3.8, 4) is 11.5 Å². The SMILES string of the molecule is COc1ccc(OC)c(N2CC(c3noc(Cc4cccs4)n3)CC2=O)c1. The van der Waals surface area contributed by atoms with Crippen LogP contribution in [0.4, 0.5) is 5.69 Å². The van der Waals surface area contributed by atoms with Crippen molar-refractivity contribution in [1.82, 2.24) is 10.1 Å². The van der Waals surface area contributed by atoms with Crippen molar-refractivity contribution in [1.29, 1.82) is 0 Å². The quantitative estimate of drug-likeness (QED) is 0.648. The molecule has 0 aliphatic carbocycles. The molecule has 1 aliphatic heterocycles. The molecule has 4 rings (SSSR count). The third-order valence-electron chi connectivity index (χ3n) is 4.56. The van der Waals surface area contributed by atoms with Gasteiger partial charge in [-0.15, -0.1) is 11.3 Å². The first-order chi connectivity index (χ1) is 13.2. The highest BCUT2D eigenvalue weighted by Crippen LogP contribution is 2.38. The average Bonchev–Trinajstić information content (AvgIpc) is 3.43. The number of methoxy groups -OCH3 is 2. The summed E-state index contributed by atoms with van der Waals surface area (Å²) in [5.41, 5.74) is 0.687. The number of anilines is 1.